The summed E-state index contributed by atoms with van der Waals surface area (Å²) in [7, 11) is 1.71. The van der Waals surface area contributed by atoms with E-state index in [1.165, 1.54) is 24.8 Å². The molecule has 0 radical (unpaired) electrons. The first kappa shape index (κ1) is 15.8. The van der Waals surface area contributed by atoms with Crippen LogP contribution >= 0.6 is 11.3 Å². The second-order valence-corrected chi connectivity index (χ2v) is 6.09. The van der Waals surface area contributed by atoms with Crippen LogP contribution in [-0.2, 0) is 11.3 Å². The van der Waals surface area contributed by atoms with E-state index in [0.29, 0.717) is 18.5 Å². The fourth-order valence-electron chi connectivity index (χ4n) is 2.49. The molecular weight excluding hydrogens is 284 g/mol. The summed E-state index contributed by atoms with van der Waals surface area (Å²) in [5.41, 5.74) is 1.22. The van der Waals surface area contributed by atoms with E-state index in [2.05, 4.69) is 32.4 Å². The highest BCUT2D eigenvalue weighted by Gasteiger charge is 2.15. The average Bonchev–Trinajstić information content (AvgIpc) is 3.02. The van der Waals surface area contributed by atoms with Crippen LogP contribution < -0.4 is 16.0 Å². The molecule has 0 atom stereocenters. The van der Waals surface area contributed by atoms with Crippen LogP contribution in [0.4, 0.5) is 0 Å². The van der Waals surface area contributed by atoms with Gasteiger partial charge in [0, 0.05) is 19.6 Å². The van der Waals surface area contributed by atoms with Gasteiger partial charge in [0.05, 0.1) is 6.54 Å². The van der Waals surface area contributed by atoms with Crippen molar-refractivity contribution in [3.63, 3.8) is 0 Å². The molecule has 1 heterocycles. The molecule has 2 rings (SSSR count). The molecule has 0 saturated heterocycles. The van der Waals surface area contributed by atoms with Gasteiger partial charge in [-0.05, 0) is 35.2 Å². The second kappa shape index (κ2) is 8.67. The molecule has 1 amide bonds. The number of rotatable bonds is 5. The molecule has 0 unspecified atom stereocenters. The zero-order chi connectivity index (χ0) is 14.9. The van der Waals surface area contributed by atoms with Crippen LogP contribution in [0.5, 0.6) is 0 Å². The lowest BCUT2D eigenvalue weighted by Crippen LogP contribution is -2.45. The van der Waals surface area contributed by atoms with E-state index in [0.717, 1.165) is 12.8 Å². The molecule has 1 saturated carbocycles. The zero-order valence-electron chi connectivity index (χ0n) is 12.5. The number of aliphatic imine (C=N–C) groups is 1. The summed E-state index contributed by atoms with van der Waals surface area (Å²) in [4.78, 5) is 16.0. The Morgan fingerprint density at radius 1 is 1.33 bits per heavy atom. The first-order chi connectivity index (χ1) is 10.3. The van der Waals surface area contributed by atoms with E-state index in [1.54, 1.807) is 18.4 Å². The van der Waals surface area contributed by atoms with Crippen molar-refractivity contribution in [3.8, 4) is 0 Å². The summed E-state index contributed by atoms with van der Waals surface area (Å²) >= 11 is 1.67. The predicted molar refractivity (Wildman–Crippen MR) is 87.5 cm³/mol. The number of carbonyl (C=O) groups excluding carboxylic acids is 1. The number of carbonyl (C=O) groups is 1. The summed E-state index contributed by atoms with van der Waals surface area (Å²) in [6.45, 7) is 0.979. The van der Waals surface area contributed by atoms with Crippen molar-refractivity contribution in [1.29, 1.82) is 0 Å². The Morgan fingerprint density at radius 3 is 2.81 bits per heavy atom. The van der Waals surface area contributed by atoms with Crippen LogP contribution in [0.15, 0.2) is 21.8 Å². The first-order valence-corrected chi connectivity index (χ1v) is 8.47. The van der Waals surface area contributed by atoms with Crippen molar-refractivity contribution < 1.29 is 4.79 Å². The number of nitrogens with one attached hydrogen (secondary N) is 3. The van der Waals surface area contributed by atoms with Crippen LogP contribution in [0.2, 0.25) is 0 Å². The highest BCUT2D eigenvalue weighted by atomic mass is 32.1. The van der Waals surface area contributed by atoms with Gasteiger partial charge in [0.1, 0.15) is 0 Å². The number of amides is 1. The van der Waals surface area contributed by atoms with Crippen molar-refractivity contribution >= 4 is 23.2 Å². The van der Waals surface area contributed by atoms with Crippen molar-refractivity contribution in [3.05, 3.63) is 22.4 Å². The molecule has 1 aliphatic carbocycles. The highest BCUT2D eigenvalue weighted by molar-refractivity contribution is 7.07. The third-order valence-corrected chi connectivity index (χ3v) is 4.38. The molecule has 0 aliphatic heterocycles. The van der Waals surface area contributed by atoms with Crippen LogP contribution in [0, 0.1) is 0 Å². The molecule has 21 heavy (non-hydrogen) atoms. The van der Waals surface area contributed by atoms with Crippen molar-refractivity contribution in [1.82, 2.24) is 16.0 Å². The molecule has 0 bridgehead atoms. The number of hydrogen-bond acceptors (Lipinski definition) is 3. The molecule has 116 valence electrons. The maximum absolute atomic E-state index is 11.9. The Kier molecular flexibility index (Phi) is 6.53. The molecule has 1 aliphatic rings. The van der Waals surface area contributed by atoms with Crippen LogP contribution in [-0.4, -0.2) is 31.5 Å². The van der Waals surface area contributed by atoms with Gasteiger partial charge in [-0.1, -0.05) is 19.3 Å². The monoisotopic (exact) mass is 308 g/mol. The molecule has 1 aromatic heterocycles. The summed E-state index contributed by atoms with van der Waals surface area (Å²) in [5.74, 6) is 0.695. The minimum Gasteiger partial charge on any atom is -0.352 e. The second-order valence-electron chi connectivity index (χ2n) is 5.31. The van der Waals surface area contributed by atoms with Gasteiger partial charge in [-0.2, -0.15) is 11.3 Å². The topological polar surface area (TPSA) is 65.5 Å². The molecule has 6 heteroatoms. The van der Waals surface area contributed by atoms with E-state index in [4.69, 9.17) is 0 Å². The lowest BCUT2D eigenvalue weighted by Gasteiger charge is -2.23. The van der Waals surface area contributed by atoms with Gasteiger partial charge in [-0.15, -0.1) is 0 Å². The molecular formula is C15H24N4OS. The quantitative estimate of drug-likeness (QED) is 0.574. The minimum absolute atomic E-state index is 0.0420. The van der Waals surface area contributed by atoms with E-state index in [-0.39, 0.29) is 12.5 Å². The van der Waals surface area contributed by atoms with Gasteiger partial charge in [0.2, 0.25) is 5.91 Å². The standard InChI is InChI=1S/C15H24N4OS/c1-16-15(17-9-12-7-8-21-11-12)18-10-14(20)19-13-5-3-2-4-6-13/h7-8,11,13H,2-6,9-10H2,1H3,(H,19,20)(H2,16,17,18). The Hall–Kier alpha value is -1.56. The van der Waals surface area contributed by atoms with Gasteiger partial charge in [-0.3, -0.25) is 9.79 Å². The lowest BCUT2D eigenvalue weighted by molar-refractivity contribution is -0.120. The Labute approximate surface area is 130 Å². The summed E-state index contributed by atoms with van der Waals surface area (Å²) < 4.78 is 0. The maximum atomic E-state index is 11.9. The van der Waals surface area contributed by atoms with Gasteiger partial charge in [0.15, 0.2) is 5.96 Å². The fourth-order valence-corrected chi connectivity index (χ4v) is 3.16. The van der Waals surface area contributed by atoms with E-state index in [9.17, 15) is 4.79 Å². The maximum Gasteiger partial charge on any atom is 0.239 e. The van der Waals surface area contributed by atoms with Crippen LogP contribution in [0.1, 0.15) is 37.7 Å². The Bertz CT molecular complexity index is 452. The number of thiophene rings is 1. The summed E-state index contributed by atoms with van der Waals surface area (Å²) in [6, 6.07) is 2.43. The zero-order valence-corrected chi connectivity index (χ0v) is 13.3. The molecule has 5 nitrogen and oxygen atoms in total. The van der Waals surface area contributed by atoms with Crippen LogP contribution in [0.3, 0.4) is 0 Å². The largest absolute Gasteiger partial charge is 0.352 e. The van der Waals surface area contributed by atoms with E-state index >= 15 is 0 Å². The summed E-state index contributed by atoms with van der Waals surface area (Å²) in [6.07, 6.45) is 5.96. The van der Waals surface area contributed by atoms with Gasteiger partial charge >= 0.3 is 0 Å². The first-order valence-electron chi connectivity index (χ1n) is 7.53. The molecule has 1 fully saturated rings. The third-order valence-electron chi connectivity index (χ3n) is 3.65. The molecule has 0 aromatic carbocycles. The third kappa shape index (κ3) is 5.75. The molecule has 0 spiro atoms. The molecule has 1 aromatic rings. The van der Waals surface area contributed by atoms with Crippen molar-refractivity contribution in [2.75, 3.05) is 13.6 Å². The highest BCUT2D eigenvalue weighted by Crippen LogP contribution is 2.17. The SMILES string of the molecule is CN=C(NCC(=O)NC1CCCCC1)NCc1ccsc1. The number of guanidine groups is 1. The van der Waals surface area contributed by atoms with Crippen molar-refractivity contribution in [2.24, 2.45) is 4.99 Å². The Morgan fingerprint density at radius 2 is 2.14 bits per heavy atom. The fraction of sp³-hybridized carbons (Fsp3) is 0.600. The van der Waals surface area contributed by atoms with Crippen LogP contribution in [0.25, 0.3) is 0 Å². The number of hydrogen-bond donors (Lipinski definition) is 3. The van der Waals surface area contributed by atoms with Crippen molar-refractivity contribution in [2.45, 2.75) is 44.7 Å². The van der Waals surface area contributed by atoms with Gasteiger partial charge < -0.3 is 16.0 Å². The lowest BCUT2D eigenvalue weighted by atomic mass is 9.95. The van der Waals surface area contributed by atoms with Gasteiger partial charge in [0.25, 0.3) is 0 Å². The Balaban J connectivity index is 1.66. The van der Waals surface area contributed by atoms with E-state index < -0.39 is 0 Å². The summed E-state index contributed by atoms with van der Waals surface area (Å²) in [5, 5.41) is 13.5. The predicted octanol–water partition coefficient (Wildman–Crippen LogP) is 1.86. The molecule has 3 N–H and O–H groups in total. The average molecular weight is 308 g/mol. The smallest absolute Gasteiger partial charge is 0.239 e. The number of nitrogens with zero attached hydrogens (tertiary/aromatic N) is 1. The minimum atomic E-state index is 0.0420. The normalized spacial score (nSPS) is 16.5. The van der Waals surface area contributed by atoms with E-state index in [1.807, 2.05) is 5.38 Å². The van der Waals surface area contributed by atoms with Gasteiger partial charge in [-0.25, -0.2) is 0 Å².